The van der Waals surface area contributed by atoms with Crippen molar-refractivity contribution in [1.82, 2.24) is 0 Å². The molecule has 0 aliphatic carbocycles. The molecule has 2 nitrogen and oxygen atoms in total. The molecule has 0 aliphatic rings. The maximum Gasteiger partial charge on any atom is 0.335 e. The number of hydrogen-bond acceptors (Lipinski definition) is 1. The van der Waals surface area contributed by atoms with Gasteiger partial charge in [0.25, 0.3) is 0 Å². The Morgan fingerprint density at radius 3 is 2.38 bits per heavy atom. The zero-order valence-corrected chi connectivity index (χ0v) is 12.5. The molecule has 110 valence electrons. The van der Waals surface area contributed by atoms with Crippen molar-refractivity contribution in [2.45, 2.75) is 39.0 Å². The van der Waals surface area contributed by atoms with Gasteiger partial charge in [0.15, 0.2) is 0 Å². The van der Waals surface area contributed by atoms with Crippen LogP contribution >= 0.6 is 0 Å². The van der Waals surface area contributed by atoms with E-state index < -0.39 is 5.97 Å². The third-order valence-electron chi connectivity index (χ3n) is 3.81. The van der Waals surface area contributed by atoms with Crippen LogP contribution in [-0.4, -0.2) is 11.1 Å². The van der Waals surface area contributed by atoms with Gasteiger partial charge in [0.05, 0.1) is 5.56 Å². The summed E-state index contributed by atoms with van der Waals surface area (Å²) in [5.74, 6) is -0.817. The van der Waals surface area contributed by atoms with Crippen LogP contribution in [0.4, 0.5) is 0 Å². The molecule has 2 rings (SSSR count). The van der Waals surface area contributed by atoms with E-state index >= 15 is 0 Å². The minimum atomic E-state index is -0.817. The second kappa shape index (κ2) is 7.63. The third kappa shape index (κ3) is 4.19. The molecule has 0 fully saturated rings. The lowest BCUT2D eigenvalue weighted by Crippen LogP contribution is -2.07. The van der Waals surface area contributed by atoms with Crippen LogP contribution in [-0.2, 0) is 19.3 Å². The van der Waals surface area contributed by atoms with Gasteiger partial charge in [-0.05, 0) is 48.4 Å². The van der Waals surface area contributed by atoms with Crippen molar-refractivity contribution >= 4 is 5.97 Å². The molecule has 0 bridgehead atoms. The van der Waals surface area contributed by atoms with Gasteiger partial charge in [0.2, 0.25) is 0 Å². The molecule has 0 atom stereocenters. The normalized spacial score (nSPS) is 10.5. The summed E-state index contributed by atoms with van der Waals surface area (Å²) in [5.41, 5.74) is 3.95. The Hall–Kier alpha value is -2.09. The lowest BCUT2D eigenvalue weighted by molar-refractivity contribution is 0.0695. The highest BCUT2D eigenvalue weighted by molar-refractivity contribution is 5.89. The van der Waals surface area contributed by atoms with E-state index in [1.54, 1.807) is 6.07 Å². The number of aryl methyl sites for hydroxylation is 2. The van der Waals surface area contributed by atoms with Gasteiger partial charge in [0, 0.05) is 0 Å². The average molecular weight is 282 g/mol. The number of carbonyl (C=O) groups is 1. The Balaban J connectivity index is 2.21. The van der Waals surface area contributed by atoms with E-state index in [0.29, 0.717) is 5.56 Å². The Morgan fingerprint density at radius 1 is 0.952 bits per heavy atom. The van der Waals surface area contributed by atoms with Crippen molar-refractivity contribution in [3.8, 4) is 0 Å². The summed E-state index contributed by atoms with van der Waals surface area (Å²) in [7, 11) is 0. The maximum absolute atomic E-state index is 11.4. The van der Waals surface area contributed by atoms with Crippen molar-refractivity contribution < 1.29 is 9.90 Å². The molecule has 0 amide bonds. The first kappa shape index (κ1) is 15.3. The predicted molar refractivity (Wildman–Crippen MR) is 85.9 cm³/mol. The quantitative estimate of drug-likeness (QED) is 0.811. The van der Waals surface area contributed by atoms with Crippen molar-refractivity contribution in [3.05, 3.63) is 70.8 Å². The van der Waals surface area contributed by atoms with Gasteiger partial charge >= 0.3 is 5.97 Å². The molecule has 0 spiro atoms. The fourth-order valence-corrected chi connectivity index (χ4v) is 2.64. The smallest absolute Gasteiger partial charge is 0.335 e. The number of rotatable bonds is 7. The van der Waals surface area contributed by atoms with Gasteiger partial charge in [0.1, 0.15) is 0 Å². The maximum atomic E-state index is 11.4. The second-order valence-electron chi connectivity index (χ2n) is 5.34. The third-order valence-corrected chi connectivity index (χ3v) is 3.81. The van der Waals surface area contributed by atoms with Crippen LogP contribution in [0.1, 0.15) is 46.8 Å². The predicted octanol–water partition coefficient (Wildman–Crippen LogP) is 4.51. The second-order valence-corrected chi connectivity index (χ2v) is 5.34. The number of benzene rings is 2. The summed E-state index contributed by atoms with van der Waals surface area (Å²) in [6.45, 7) is 2.13. The molecule has 0 radical (unpaired) electrons. The summed E-state index contributed by atoms with van der Waals surface area (Å²) < 4.78 is 0. The van der Waals surface area contributed by atoms with Crippen LogP contribution in [0.15, 0.2) is 48.5 Å². The number of unbranched alkanes of at least 4 members (excludes halogenated alkanes) is 1. The van der Waals surface area contributed by atoms with E-state index in [9.17, 15) is 9.90 Å². The number of carboxylic acid groups (broad SMARTS) is 1. The summed E-state index contributed by atoms with van der Waals surface area (Å²) >= 11 is 0. The van der Waals surface area contributed by atoms with Gasteiger partial charge < -0.3 is 5.11 Å². The van der Waals surface area contributed by atoms with Gasteiger partial charge in [-0.15, -0.1) is 0 Å². The van der Waals surface area contributed by atoms with Crippen molar-refractivity contribution in [3.63, 3.8) is 0 Å². The van der Waals surface area contributed by atoms with Crippen LogP contribution < -0.4 is 0 Å². The molecule has 1 N–H and O–H groups in total. The molecular weight excluding hydrogens is 260 g/mol. The first-order valence-electron chi connectivity index (χ1n) is 7.60. The van der Waals surface area contributed by atoms with Crippen LogP contribution in [0.25, 0.3) is 0 Å². The number of carboxylic acids is 1. The van der Waals surface area contributed by atoms with Crippen molar-refractivity contribution in [2.75, 3.05) is 0 Å². The minimum Gasteiger partial charge on any atom is -0.478 e. The molecule has 21 heavy (non-hydrogen) atoms. The molecule has 0 aromatic heterocycles. The Kier molecular flexibility index (Phi) is 5.56. The Morgan fingerprint density at radius 2 is 1.71 bits per heavy atom. The highest BCUT2D eigenvalue weighted by atomic mass is 16.4. The van der Waals surface area contributed by atoms with Crippen LogP contribution in [0.2, 0.25) is 0 Å². The van der Waals surface area contributed by atoms with E-state index in [1.807, 2.05) is 24.3 Å². The highest BCUT2D eigenvalue weighted by Gasteiger charge is 2.13. The molecule has 0 heterocycles. The lowest BCUT2D eigenvalue weighted by Gasteiger charge is -2.12. The van der Waals surface area contributed by atoms with E-state index in [1.165, 1.54) is 11.1 Å². The minimum absolute atomic E-state index is 0.467. The highest BCUT2D eigenvalue weighted by Crippen LogP contribution is 2.20. The largest absolute Gasteiger partial charge is 0.478 e. The van der Waals surface area contributed by atoms with E-state index in [4.69, 9.17) is 0 Å². The van der Waals surface area contributed by atoms with Crippen LogP contribution in [0, 0.1) is 0 Å². The van der Waals surface area contributed by atoms with E-state index in [0.717, 1.165) is 37.7 Å². The Labute approximate surface area is 126 Å². The van der Waals surface area contributed by atoms with Crippen molar-refractivity contribution in [1.29, 1.82) is 0 Å². The van der Waals surface area contributed by atoms with Gasteiger partial charge in [-0.25, -0.2) is 4.79 Å². The molecule has 0 saturated heterocycles. The lowest BCUT2D eigenvalue weighted by atomic mass is 9.92. The summed E-state index contributed by atoms with van der Waals surface area (Å²) in [4.78, 5) is 11.4. The zero-order valence-electron chi connectivity index (χ0n) is 12.5. The SMILES string of the molecule is CCCCc1c(CCc2ccccc2)cccc1C(=O)O. The molecule has 2 aromatic carbocycles. The standard InChI is InChI=1S/C19H22O2/c1-2-3-11-17-16(10-7-12-18(17)19(20)21)14-13-15-8-5-4-6-9-15/h4-10,12H,2-3,11,13-14H2,1H3,(H,20,21). The molecular formula is C19H22O2. The number of aromatic carboxylic acids is 1. The summed E-state index contributed by atoms with van der Waals surface area (Å²) in [6, 6.07) is 16.0. The number of hydrogen-bond donors (Lipinski definition) is 1. The zero-order chi connectivity index (χ0) is 15.1. The van der Waals surface area contributed by atoms with E-state index in [2.05, 4.69) is 25.1 Å². The van der Waals surface area contributed by atoms with Gasteiger partial charge in [-0.2, -0.15) is 0 Å². The van der Waals surface area contributed by atoms with Gasteiger partial charge in [-0.3, -0.25) is 0 Å². The fraction of sp³-hybridized carbons (Fsp3) is 0.316. The summed E-state index contributed by atoms with van der Waals surface area (Å²) in [6.07, 6.45) is 4.80. The summed E-state index contributed by atoms with van der Waals surface area (Å²) in [5, 5.41) is 9.37. The monoisotopic (exact) mass is 282 g/mol. The van der Waals surface area contributed by atoms with Crippen molar-refractivity contribution in [2.24, 2.45) is 0 Å². The molecule has 2 aromatic rings. The average Bonchev–Trinajstić information content (AvgIpc) is 2.52. The molecule has 0 saturated carbocycles. The topological polar surface area (TPSA) is 37.3 Å². The Bertz CT molecular complexity index is 588. The van der Waals surface area contributed by atoms with Crippen LogP contribution in [0.5, 0.6) is 0 Å². The van der Waals surface area contributed by atoms with Crippen LogP contribution in [0.3, 0.4) is 0 Å². The molecule has 0 aliphatic heterocycles. The first-order valence-corrected chi connectivity index (χ1v) is 7.60. The molecule has 0 unspecified atom stereocenters. The fourth-order valence-electron chi connectivity index (χ4n) is 2.64. The first-order chi connectivity index (χ1) is 10.2. The molecule has 2 heteroatoms. The van der Waals surface area contributed by atoms with E-state index in [-0.39, 0.29) is 0 Å². The van der Waals surface area contributed by atoms with Gasteiger partial charge in [-0.1, -0.05) is 55.8 Å².